The van der Waals surface area contributed by atoms with Crippen molar-refractivity contribution in [2.24, 2.45) is 11.8 Å². The van der Waals surface area contributed by atoms with Gasteiger partial charge in [0.25, 0.3) is 5.91 Å². The van der Waals surface area contributed by atoms with Crippen molar-refractivity contribution < 1.29 is 18.9 Å². The molecule has 7 nitrogen and oxygen atoms in total. The quantitative estimate of drug-likeness (QED) is 0.604. The van der Waals surface area contributed by atoms with Gasteiger partial charge < -0.3 is 9.42 Å². The zero-order valence-electron chi connectivity index (χ0n) is 15.2. The van der Waals surface area contributed by atoms with Crippen LogP contribution in [0, 0.1) is 11.8 Å². The first-order valence-electron chi connectivity index (χ1n) is 9.47. The Balaban J connectivity index is 1.25. The molecule has 2 saturated heterocycles. The van der Waals surface area contributed by atoms with Crippen LogP contribution in [-0.2, 0) is 9.59 Å². The lowest BCUT2D eigenvalue weighted by atomic mass is 9.85. The summed E-state index contributed by atoms with van der Waals surface area (Å²) in [5, 5.41) is 3.88. The van der Waals surface area contributed by atoms with Crippen LogP contribution in [-0.4, -0.2) is 51.8 Å². The van der Waals surface area contributed by atoms with E-state index in [4.69, 9.17) is 4.52 Å². The summed E-state index contributed by atoms with van der Waals surface area (Å²) in [5.74, 6) is -0.367. The number of likely N-dealkylation sites (tertiary alicyclic amines) is 2. The van der Waals surface area contributed by atoms with E-state index in [0.29, 0.717) is 31.7 Å². The van der Waals surface area contributed by atoms with Crippen molar-refractivity contribution in [2.45, 2.75) is 18.9 Å². The molecular weight excluding hydrogens is 358 g/mol. The number of carbonyl (C=O) groups is 3. The van der Waals surface area contributed by atoms with Gasteiger partial charge in [-0.1, -0.05) is 47.6 Å². The molecule has 5 rings (SSSR count). The minimum Gasteiger partial charge on any atom is -0.355 e. The van der Waals surface area contributed by atoms with Crippen LogP contribution in [0.15, 0.2) is 53.1 Å². The highest BCUT2D eigenvalue weighted by molar-refractivity contribution is 6.06. The highest BCUT2D eigenvalue weighted by Crippen LogP contribution is 2.37. The van der Waals surface area contributed by atoms with Crippen LogP contribution in [0.1, 0.15) is 23.3 Å². The Kier molecular flexibility index (Phi) is 3.89. The molecule has 3 heterocycles. The fraction of sp³-hybridized carbons (Fsp3) is 0.333. The minimum atomic E-state index is -0.250. The maximum Gasteiger partial charge on any atom is 0.276 e. The number of hydrogen-bond donors (Lipinski definition) is 0. The molecule has 0 radical (unpaired) electrons. The number of aromatic nitrogens is 1. The zero-order valence-corrected chi connectivity index (χ0v) is 15.2. The fourth-order valence-electron chi connectivity index (χ4n) is 4.25. The van der Waals surface area contributed by atoms with Gasteiger partial charge in [-0.15, -0.1) is 0 Å². The Morgan fingerprint density at radius 2 is 1.64 bits per heavy atom. The SMILES string of the molecule is O=C(c1cc(-c2ccccc2)on1)N1CC(N2C(=O)[C@H]3CC=CC[C@H]3C2=O)C1. The fourth-order valence-corrected chi connectivity index (χ4v) is 4.25. The van der Waals surface area contributed by atoms with Crippen LogP contribution in [0.25, 0.3) is 11.3 Å². The van der Waals surface area contributed by atoms with Gasteiger partial charge >= 0.3 is 0 Å². The third-order valence-corrected chi connectivity index (χ3v) is 5.84. The summed E-state index contributed by atoms with van der Waals surface area (Å²) in [5.41, 5.74) is 1.08. The van der Waals surface area contributed by atoms with Gasteiger partial charge in [0, 0.05) is 24.7 Å². The van der Waals surface area contributed by atoms with Crippen LogP contribution in [0.5, 0.6) is 0 Å². The lowest BCUT2D eigenvalue weighted by Gasteiger charge is -2.42. The standard InChI is InChI=1S/C21H19N3O4/c25-19-15-8-4-5-9-16(15)20(26)24(19)14-11-23(12-14)21(27)17-10-18(28-22-17)13-6-2-1-3-7-13/h1-7,10,14-16H,8-9,11-12H2/t15-,16+. The van der Waals surface area contributed by atoms with E-state index >= 15 is 0 Å². The van der Waals surface area contributed by atoms with Gasteiger partial charge in [0.1, 0.15) is 0 Å². The molecule has 0 N–H and O–H groups in total. The number of benzene rings is 1. The number of hydrogen-bond acceptors (Lipinski definition) is 5. The highest BCUT2D eigenvalue weighted by Gasteiger charge is 2.52. The Bertz CT molecular complexity index is 949. The molecule has 2 atom stereocenters. The van der Waals surface area contributed by atoms with Crippen molar-refractivity contribution >= 4 is 17.7 Å². The number of imide groups is 1. The summed E-state index contributed by atoms with van der Waals surface area (Å²) in [6, 6.07) is 10.8. The predicted octanol–water partition coefficient (Wildman–Crippen LogP) is 2.12. The van der Waals surface area contributed by atoms with Crippen molar-refractivity contribution in [1.82, 2.24) is 15.0 Å². The maximum absolute atomic E-state index is 12.7. The minimum absolute atomic E-state index is 0.0933. The number of nitrogens with zero attached hydrogens (tertiary/aromatic N) is 3. The Hall–Kier alpha value is -3.22. The van der Waals surface area contributed by atoms with Gasteiger partial charge in [-0.3, -0.25) is 19.3 Å². The van der Waals surface area contributed by atoms with Gasteiger partial charge in [0.05, 0.1) is 17.9 Å². The number of fused-ring (bicyclic) bond motifs is 1. The predicted molar refractivity (Wildman–Crippen MR) is 98.8 cm³/mol. The average Bonchev–Trinajstić information content (AvgIpc) is 3.28. The van der Waals surface area contributed by atoms with Crippen LogP contribution in [0.3, 0.4) is 0 Å². The molecule has 3 amide bonds. The highest BCUT2D eigenvalue weighted by atomic mass is 16.5. The molecule has 3 aliphatic rings. The summed E-state index contributed by atoms with van der Waals surface area (Å²) >= 11 is 0. The number of allylic oxidation sites excluding steroid dienone is 2. The lowest BCUT2D eigenvalue weighted by Crippen LogP contribution is -2.62. The molecular formula is C21H19N3O4. The van der Waals surface area contributed by atoms with E-state index in [0.717, 1.165) is 5.56 Å². The van der Waals surface area contributed by atoms with E-state index in [1.807, 2.05) is 42.5 Å². The lowest BCUT2D eigenvalue weighted by molar-refractivity contribution is -0.145. The molecule has 0 spiro atoms. The summed E-state index contributed by atoms with van der Waals surface area (Å²) in [7, 11) is 0. The molecule has 1 aromatic heterocycles. The zero-order chi connectivity index (χ0) is 19.3. The molecule has 2 fully saturated rings. The molecule has 142 valence electrons. The molecule has 28 heavy (non-hydrogen) atoms. The summed E-state index contributed by atoms with van der Waals surface area (Å²) in [6.07, 6.45) is 5.20. The van der Waals surface area contributed by atoms with Gasteiger partial charge in [-0.2, -0.15) is 0 Å². The molecule has 0 bridgehead atoms. The van der Waals surface area contributed by atoms with Gasteiger partial charge in [-0.25, -0.2) is 0 Å². The number of carbonyl (C=O) groups excluding carboxylic acids is 3. The second-order valence-electron chi connectivity index (χ2n) is 7.51. The normalized spacial score (nSPS) is 24.4. The second-order valence-corrected chi connectivity index (χ2v) is 7.51. The van der Waals surface area contributed by atoms with E-state index in [1.165, 1.54) is 4.90 Å². The molecule has 7 heteroatoms. The largest absolute Gasteiger partial charge is 0.355 e. The van der Waals surface area contributed by atoms with Crippen LogP contribution >= 0.6 is 0 Å². The van der Waals surface area contributed by atoms with Crippen molar-refractivity contribution in [3.63, 3.8) is 0 Å². The van der Waals surface area contributed by atoms with Gasteiger partial charge in [-0.05, 0) is 12.8 Å². The molecule has 1 aromatic carbocycles. The van der Waals surface area contributed by atoms with Crippen molar-refractivity contribution in [3.05, 3.63) is 54.2 Å². The van der Waals surface area contributed by atoms with Gasteiger partial charge in [0.15, 0.2) is 11.5 Å². The second kappa shape index (κ2) is 6.44. The number of amides is 3. The van der Waals surface area contributed by atoms with Crippen molar-refractivity contribution in [2.75, 3.05) is 13.1 Å². The van der Waals surface area contributed by atoms with Crippen LogP contribution in [0.4, 0.5) is 0 Å². The molecule has 2 aliphatic heterocycles. The molecule has 2 aromatic rings. The van der Waals surface area contributed by atoms with Crippen LogP contribution < -0.4 is 0 Å². The maximum atomic E-state index is 12.7. The smallest absolute Gasteiger partial charge is 0.276 e. The Labute approximate surface area is 161 Å². The monoisotopic (exact) mass is 377 g/mol. The molecule has 1 aliphatic carbocycles. The average molecular weight is 377 g/mol. The van der Waals surface area contributed by atoms with Gasteiger partial charge in [0.2, 0.25) is 11.8 Å². The summed E-state index contributed by atoms with van der Waals surface area (Å²) in [4.78, 5) is 40.9. The first-order chi connectivity index (χ1) is 13.6. The first-order valence-corrected chi connectivity index (χ1v) is 9.47. The third-order valence-electron chi connectivity index (χ3n) is 5.84. The van der Waals surface area contributed by atoms with Crippen LogP contribution in [0.2, 0.25) is 0 Å². The third kappa shape index (κ3) is 2.58. The Morgan fingerprint density at radius 1 is 1.00 bits per heavy atom. The Morgan fingerprint density at radius 3 is 2.29 bits per heavy atom. The number of rotatable bonds is 3. The van der Waals surface area contributed by atoms with Crippen molar-refractivity contribution in [1.29, 1.82) is 0 Å². The van der Waals surface area contributed by atoms with E-state index in [1.54, 1.807) is 11.0 Å². The molecule has 0 unspecified atom stereocenters. The van der Waals surface area contributed by atoms with E-state index < -0.39 is 0 Å². The van der Waals surface area contributed by atoms with E-state index in [2.05, 4.69) is 5.16 Å². The summed E-state index contributed by atoms with van der Waals surface area (Å²) < 4.78 is 5.29. The van der Waals surface area contributed by atoms with E-state index in [-0.39, 0.29) is 41.3 Å². The van der Waals surface area contributed by atoms with Crippen molar-refractivity contribution in [3.8, 4) is 11.3 Å². The molecule has 0 saturated carbocycles. The van der Waals surface area contributed by atoms with E-state index in [9.17, 15) is 14.4 Å². The summed E-state index contributed by atoms with van der Waals surface area (Å²) in [6.45, 7) is 0.688. The first kappa shape index (κ1) is 16.9. The topological polar surface area (TPSA) is 83.7 Å².